The quantitative estimate of drug-likeness (QED) is 0.327. The summed E-state index contributed by atoms with van der Waals surface area (Å²) >= 11 is 7.85. The van der Waals surface area contributed by atoms with Crippen molar-refractivity contribution >= 4 is 34.4 Å². The van der Waals surface area contributed by atoms with E-state index in [0.717, 1.165) is 20.7 Å². The first kappa shape index (κ1) is 19.8. The number of rotatable bonds is 4. The van der Waals surface area contributed by atoms with Crippen LogP contribution in [-0.4, -0.2) is 37.4 Å². The minimum atomic E-state index is -4.45. The lowest BCUT2D eigenvalue weighted by atomic mass is 10.00. The molecular weight excluding hydrogens is 423 g/mol. The van der Waals surface area contributed by atoms with E-state index in [9.17, 15) is 13.2 Å². The third-order valence-electron chi connectivity index (χ3n) is 4.47. The van der Waals surface area contributed by atoms with E-state index in [1.807, 2.05) is 31.4 Å². The zero-order chi connectivity index (χ0) is 20.8. The first-order valence-corrected chi connectivity index (χ1v) is 10.2. The molecule has 0 saturated carbocycles. The van der Waals surface area contributed by atoms with Crippen molar-refractivity contribution in [3.05, 3.63) is 47.2 Å². The van der Waals surface area contributed by atoms with Crippen LogP contribution in [0.2, 0.25) is 5.15 Å². The van der Waals surface area contributed by atoms with Crippen molar-refractivity contribution in [1.82, 2.24) is 25.0 Å². The number of aromatic nitrogens is 5. The molecule has 0 unspecified atom stereocenters. The first-order valence-electron chi connectivity index (χ1n) is 8.55. The molecule has 150 valence electrons. The third-order valence-corrected chi connectivity index (χ3v) is 5.39. The molecular formula is C19H15ClF3N5S. The van der Waals surface area contributed by atoms with E-state index in [1.54, 1.807) is 23.9 Å². The lowest BCUT2D eigenvalue weighted by molar-refractivity contribution is -0.141. The third kappa shape index (κ3) is 3.84. The highest BCUT2D eigenvalue weighted by Gasteiger charge is 2.31. The maximum absolute atomic E-state index is 13.3. The van der Waals surface area contributed by atoms with Gasteiger partial charge in [-0.3, -0.25) is 9.78 Å². The van der Waals surface area contributed by atoms with Crippen molar-refractivity contribution < 1.29 is 13.2 Å². The van der Waals surface area contributed by atoms with Crippen LogP contribution < -0.4 is 0 Å². The minimum absolute atomic E-state index is 0.174. The molecule has 5 nitrogen and oxygen atoms in total. The van der Waals surface area contributed by atoms with Gasteiger partial charge < -0.3 is 0 Å². The summed E-state index contributed by atoms with van der Waals surface area (Å²) in [7, 11) is 0. The average molecular weight is 438 g/mol. The molecule has 0 bridgehead atoms. The SMILES string of the molecule is CSc1ccc(-c2cc(Cl)nc3c(-c4ccn[nH]4)nn(CC(F)(F)F)c23)c(C)c1. The number of alkyl halides is 3. The Morgan fingerprint density at radius 1 is 1.17 bits per heavy atom. The van der Waals surface area contributed by atoms with E-state index in [0.29, 0.717) is 11.3 Å². The highest BCUT2D eigenvalue weighted by Crippen LogP contribution is 2.38. The Balaban J connectivity index is 2.05. The van der Waals surface area contributed by atoms with E-state index in [-0.39, 0.29) is 21.9 Å². The van der Waals surface area contributed by atoms with Crippen LogP contribution >= 0.6 is 23.4 Å². The number of halogens is 4. The number of aromatic amines is 1. The predicted molar refractivity (Wildman–Crippen MR) is 108 cm³/mol. The highest BCUT2D eigenvalue weighted by atomic mass is 35.5. The average Bonchev–Trinajstić information content (AvgIpc) is 3.28. The van der Waals surface area contributed by atoms with Crippen LogP contribution in [0.1, 0.15) is 5.56 Å². The number of pyridine rings is 1. The van der Waals surface area contributed by atoms with Gasteiger partial charge in [0, 0.05) is 16.7 Å². The summed E-state index contributed by atoms with van der Waals surface area (Å²) in [6, 6.07) is 9.00. The topological polar surface area (TPSA) is 59.4 Å². The number of hydrogen-bond acceptors (Lipinski definition) is 4. The fourth-order valence-electron chi connectivity index (χ4n) is 3.28. The molecule has 0 aliphatic carbocycles. The molecule has 0 spiro atoms. The van der Waals surface area contributed by atoms with Crippen LogP contribution in [0, 0.1) is 6.92 Å². The maximum atomic E-state index is 13.3. The molecule has 3 heterocycles. The Hall–Kier alpha value is -2.52. The van der Waals surface area contributed by atoms with Crippen molar-refractivity contribution in [2.75, 3.05) is 6.26 Å². The second-order valence-electron chi connectivity index (χ2n) is 6.46. The van der Waals surface area contributed by atoms with Crippen LogP contribution in [-0.2, 0) is 6.54 Å². The maximum Gasteiger partial charge on any atom is 0.408 e. The molecule has 0 fully saturated rings. The van der Waals surface area contributed by atoms with Crippen molar-refractivity contribution in [2.24, 2.45) is 0 Å². The Morgan fingerprint density at radius 3 is 2.59 bits per heavy atom. The highest BCUT2D eigenvalue weighted by molar-refractivity contribution is 7.98. The number of nitrogens with one attached hydrogen (secondary N) is 1. The summed E-state index contributed by atoms with van der Waals surface area (Å²) in [6.07, 6.45) is -0.982. The van der Waals surface area contributed by atoms with E-state index in [4.69, 9.17) is 11.6 Å². The number of benzene rings is 1. The van der Waals surface area contributed by atoms with Crippen LogP contribution in [0.25, 0.3) is 33.5 Å². The molecule has 0 radical (unpaired) electrons. The molecule has 0 amide bonds. The predicted octanol–water partition coefficient (Wildman–Crippen LogP) is 5.73. The Morgan fingerprint density at radius 2 is 1.97 bits per heavy atom. The minimum Gasteiger partial charge on any atom is -0.276 e. The fraction of sp³-hybridized carbons (Fsp3) is 0.211. The van der Waals surface area contributed by atoms with E-state index < -0.39 is 12.7 Å². The summed E-state index contributed by atoms with van der Waals surface area (Å²) < 4.78 is 40.8. The van der Waals surface area contributed by atoms with E-state index >= 15 is 0 Å². The Kier molecular flexibility index (Phi) is 5.04. The van der Waals surface area contributed by atoms with Gasteiger partial charge in [0.15, 0.2) is 0 Å². The number of H-pyrrole nitrogens is 1. The molecule has 0 atom stereocenters. The summed E-state index contributed by atoms with van der Waals surface area (Å²) in [5.74, 6) is 0. The van der Waals surface area contributed by atoms with Gasteiger partial charge >= 0.3 is 6.18 Å². The summed E-state index contributed by atoms with van der Waals surface area (Å²) in [5.41, 5.74) is 3.54. The monoisotopic (exact) mass is 437 g/mol. The molecule has 1 aromatic carbocycles. The van der Waals surface area contributed by atoms with Gasteiger partial charge in [-0.25, -0.2) is 4.98 Å². The molecule has 0 aliphatic rings. The molecule has 0 aliphatic heterocycles. The van der Waals surface area contributed by atoms with Crippen molar-refractivity contribution in [3.63, 3.8) is 0 Å². The van der Waals surface area contributed by atoms with Gasteiger partial charge in [0.1, 0.15) is 22.9 Å². The number of hydrogen-bond donors (Lipinski definition) is 1. The molecule has 4 rings (SSSR count). The van der Waals surface area contributed by atoms with Crippen molar-refractivity contribution in [1.29, 1.82) is 0 Å². The van der Waals surface area contributed by atoms with Gasteiger partial charge in [-0.2, -0.15) is 23.4 Å². The normalized spacial score (nSPS) is 12.1. The molecule has 10 heteroatoms. The second kappa shape index (κ2) is 7.38. The molecule has 4 aromatic rings. The molecule has 3 aromatic heterocycles. The van der Waals surface area contributed by atoms with Crippen molar-refractivity contribution in [2.45, 2.75) is 24.5 Å². The lowest BCUT2D eigenvalue weighted by Crippen LogP contribution is -2.18. The van der Waals surface area contributed by atoms with E-state index in [2.05, 4.69) is 20.3 Å². The molecule has 0 saturated heterocycles. The van der Waals surface area contributed by atoms with Gasteiger partial charge in [-0.15, -0.1) is 11.8 Å². The van der Waals surface area contributed by atoms with Crippen LogP contribution in [0.5, 0.6) is 0 Å². The van der Waals surface area contributed by atoms with Crippen molar-refractivity contribution in [3.8, 4) is 22.5 Å². The zero-order valence-corrected chi connectivity index (χ0v) is 17.0. The molecule has 1 N–H and O–H groups in total. The Bertz CT molecular complexity index is 1180. The second-order valence-corrected chi connectivity index (χ2v) is 7.73. The number of aryl methyl sites for hydroxylation is 1. The van der Waals surface area contributed by atoms with Gasteiger partial charge in [-0.05, 0) is 48.6 Å². The summed E-state index contributed by atoms with van der Waals surface area (Å²) in [6.45, 7) is 0.672. The smallest absolute Gasteiger partial charge is 0.276 e. The Labute approximate surface area is 173 Å². The van der Waals surface area contributed by atoms with Gasteiger partial charge in [0.05, 0.1) is 11.2 Å². The lowest BCUT2D eigenvalue weighted by Gasteiger charge is -2.13. The standard InChI is InChI=1S/C19H15ClF3N5S/c1-10-7-11(29-2)3-4-12(10)13-8-15(20)25-17-16(14-5-6-24-26-14)27-28(18(13)17)9-19(21,22)23/h3-8H,9H2,1-2H3,(H,24,26). The van der Waals surface area contributed by atoms with E-state index in [1.165, 1.54) is 6.20 Å². The first-order chi connectivity index (χ1) is 13.8. The number of thioether (sulfide) groups is 1. The number of fused-ring (bicyclic) bond motifs is 1. The van der Waals surface area contributed by atoms with Crippen LogP contribution in [0.4, 0.5) is 13.2 Å². The number of nitrogens with zero attached hydrogens (tertiary/aromatic N) is 4. The van der Waals surface area contributed by atoms with Crippen LogP contribution in [0.3, 0.4) is 0 Å². The largest absolute Gasteiger partial charge is 0.408 e. The van der Waals surface area contributed by atoms with Gasteiger partial charge in [0.25, 0.3) is 0 Å². The summed E-state index contributed by atoms with van der Waals surface area (Å²) in [4.78, 5) is 5.35. The van der Waals surface area contributed by atoms with Crippen LogP contribution in [0.15, 0.2) is 41.4 Å². The van der Waals surface area contributed by atoms with Gasteiger partial charge in [0.2, 0.25) is 0 Å². The fourth-order valence-corrected chi connectivity index (χ4v) is 3.97. The summed E-state index contributed by atoms with van der Waals surface area (Å²) in [5, 5.41) is 11.0. The molecule has 29 heavy (non-hydrogen) atoms. The zero-order valence-electron chi connectivity index (χ0n) is 15.4. The van der Waals surface area contributed by atoms with Gasteiger partial charge in [-0.1, -0.05) is 17.7 Å².